The number of halogens is 1. The molecule has 140 valence electrons. The number of aromatic nitrogens is 1. The first-order chi connectivity index (χ1) is 13.5. The van der Waals surface area contributed by atoms with Crippen molar-refractivity contribution >= 4 is 44.2 Å². The molecule has 0 bridgehead atoms. The van der Waals surface area contributed by atoms with Gasteiger partial charge < -0.3 is 0 Å². The SMILES string of the molecule is Cc1ccc(C(=O)N(Cc2ccccc2)c2nc3c(C)cc(Cl)cc3s2)cc1. The van der Waals surface area contributed by atoms with E-state index < -0.39 is 0 Å². The zero-order chi connectivity index (χ0) is 19.7. The van der Waals surface area contributed by atoms with Gasteiger partial charge >= 0.3 is 0 Å². The lowest BCUT2D eigenvalue weighted by atomic mass is 10.1. The van der Waals surface area contributed by atoms with E-state index in [1.54, 1.807) is 4.90 Å². The molecule has 28 heavy (non-hydrogen) atoms. The summed E-state index contributed by atoms with van der Waals surface area (Å²) in [5, 5.41) is 1.36. The van der Waals surface area contributed by atoms with E-state index in [1.807, 2.05) is 80.6 Å². The molecular formula is C23H19ClN2OS. The Bertz CT molecular complexity index is 1140. The van der Waals surface area contributed by atoms with E-state index in [4.69, 9.17) is 16.6 Å². The Hall–Kier alpha value is -2.69. The van der Waals surface area contributed by atoms with E-state index >= 15 is 0 Å². The van der Waals surface area contributed by atoms with Crippen molar-refractivity contribution < 1.29 is 4.79 Å². The monoisotopic (exact) mass is 406 g/mol. The Morgan fingerprint density at radius 2 is 1.75 bits per heavy atom. The number of amides is 1. The van der Waals surface area contributed by atoms with Crippen LogP contribution in [0, 0.1) is 13.8 Å². The fourth-order valence-electron chi connectivity index (χ4n) is 3.10. The molecule has 3 nitrogen and oxygen atoms in total. The number of thiazole rings is 1. The summed E-state index contributed by atoms with van der Waals surface area (Å²) in [4.78, 5) is 19.9. The van der Waals surface area contributed by atoms with Gasteiger partial charge in [-0.15, -0.1) is 0 Å². The van der Waals surface area contributed by atoms with E-state index in [0.29, 0.717) is 22.3 Å². The van der Waals surface area contributed by atoms with Gasteiger partial charge in [-0.25, -0.2) is 4.98 Å². The molecule has 4 rings (SSSR count). The molecule has 1 aromatic heterocycles. The van der Waals surface area contributed by atoms with Crippen LogP contribution in [0.2, 0.25) is 5.02 Å². The van der Waals surface area contributed by atoms with Crippen molar-refractivity contribution in [1.82, 2.24) is 4.98 Å². The smallest absolute Gasteiger partial charge is 0.260 e. The van der Waals surface area contributed by atoms with Crippen LogP contribution in [0.25, 0.3) is 10.2 Å². The fraction of sp³-hybridized carbons (Fsp3) is 0.130. The van der Waals surface area contributed by atoms with Crippen molar-refractivity contribution in [3.63, 3.8) is 0 Å². The van der Waals surface area contributed by atoms with Crippen LogP contribution in [-0.2, 0) is 6.54 Å². The van der Waals surface area contributed by atoms with Gasteiger partial charge in [-0.2, -0.15) is 0 Å². The van der Waals surface area contributed by atoms with Crippen LogP contribution in [0.15, 0.2) is 66.7 Å². The van der Waals surface area contributed by atoms with Crippen LogP contribution in [0.4, 0.5) is 5.13 Å². The molecule has 0 saturated heterocycles. The molecule has 0 radical (unpaired) electrons. The van der Waals surface area contributed by atoms with Crippen molar-refractivity contribution in [3.05, 3.63) is 94.0 Å². The Labute approximate surface area is 173 Å². The van der Waals surface area contributed by atoms with Crippen molar-refractivity contribution in [2.24, 2.45) is 0 Å². The second-order valence-corrected chi connectivity index (χ2v) is 8.25. The Kier molecular flexibility index (Phi) is 5.16. The highest BCUT2D eigenvalue weighted by molar-refractivity contribution is 7.22. The number of aryl methyl sites for hydroxylation is 2. The maximum Gasteiger partial charge on any atom is 0.260 e. The molecule has 0 aliphatic carbocycles. The molecule has 0 aliphatic rings. The first-order valence-corrected chi connectivity index (χ1v) is 10.2. The average molecular weight is 407 g/mol. The summed E-state index contributed by atoms with van der Waals surface area (Å²) in [5.41, 5.74) is 4.72. The minimum Gasteiger partial charge on any atom is -0.279 e. The van der Waals surface area contributed by atoms with Crippen LogP contribution in [0.5, 0.6) is 0 Å². The van der Waals surface area contributed by atoms with Gasteiger partial charge in [0.05, 0.1) is 16.8 Å². The van der Waals surface area contributed by atoms with Gasteiger partial charge in [-0.05, 0) is 49.2 Å². The lowest BCUT2D eigenvalue weighted by Gasteiger charge is -2.20. The number of carbonyl (C=O) groups excluding carboxylic acids is 1. The molecule has 0 atom stereocenters. The number of carbonyl (C=O) groups is 1. The highest BCUT2D eigenvalue weighted by Crippen LogP contribution is 2.34. The summed E-state index contributed by atoms with van der Waals surface area (Å²) < 4.78 is 0.981. The van der Waals surface area contributed by atoms with E-state index in [-0.39, 0.29) is 5.91 Å². The number of nitrogens with zero attached hydrogens (tertiary/aromatic N) is 2. The van der Waals surface area contributed by atoms with Crippen molar-refractivity contribution in [2.75, 3.05) is 4.90 Å². The summed E-state index contributed by atoms with van der Waals surface area (Å²) >= 11 is 7.70. The zero-order valence-corrected chi connectivity index (χ0v) is 17.2. The summed E-state index contributed by atoms with van der Waals surface area (Å²) in [6.07, 6.45) is 0. The highest BCUT2D eigenvalue weighted by atomic mass is 35.5. The number of anilines is 1. The van der Waals surface area contributed by atoms with E-state index in [2.05, 4.69) is 0 Å². The van der Waals surface area contributed by atoms with Gasteiger partial charge in [0.2, 0.25) is 0 Å². The molecule has 1 amide bonds. The molecular weight excluding hydrogens is 388 g/mol. The molecule has 0 spiro atoms. The van der Waals surface area contributed by atoms with Gasteiger partial charge in [0.1, 0.15) is 0 Å². The van der Waals surface area contributed by atoms with Gasteiger partial charge in [-0.3, -0.25) is 9.69 Å². The van der Waals surface area contributed by atoms with Crippen LogP contribution in [-0.4, -0.2) is 10.9 Å². The van der Waals surface area contributed by atoms with Crippen LogP contribution in [0.3, 0.4) is 0 Å². The summed E-state index contributed by atoms with van der Waals surface area (Å²) in [6, 6.07) is 21.4. The van der Waals surface area contributed by atoms with Gasteiger partial charge in [0, 0.05) is 10.6 Å². The van der Waals surface area contributed by atoms with Crippen LogP contribution >= 0.6 is 22.9 Å². The van der Waals surface area contributed by atoms with Crippen LogP contribution < -0.4 is 4.90 Å². The first kappa shape index (κ1) is 18.7. The Balaban J connectivity index is 1.79. The zero-order valence-electron chi connectivity index (χ0n) is 15.6. The lowest BCUT2D eigenvalue weighted by Crippen LogP contribution is -2.30. The quantitative estimate of drug-likeness (QED) is 0.392. The number of benzene rings is 3. The number of hydrogen-bond acceptors (Lipinski definition) is 3. The summed E-state index contributed by atoms with van der Waals surface area (Å²) in [6.45, 7) is 4.46. The lowest BCUT2D eigenvalue weighted by molar-refractivity contribution is 0.0985. The molecule has 5 heteroatoms. The van der Waals surface area contributed by atoms with Gasteiger partial charge in [-0.1, -0.05) is 71.0 Å². The third-order valence-corrected chi connectivity index (χ3v) is 5.84. The van der Waals surface area contributed by atoms with Crippen molar-refractivity contribution in [3.8, 4) is 0 Å². The molecule has 0 unspecified atom stereocenters. The van der Waals surface area contributed by atoms with Crippen LogP contribution in [0.1, 0.15) is 27.0 Å². The van der Waals surface area contributed by atoms with E-state index in [1.165, 1.54) is 11.3 Å². The number of rotatable bonds is 4. The first-order valence-electron chi connectivity index (χ1n) is 9.00. The second-order valence-electron chi connectivity index (χ2n) is 6.81. The molecule has 3 aromatic carbocycles. The second kappa shape index (κ2) is 7.74. The number of hydrogen-bond donors (Lipinski definition) is 0. The third-order valence-electron chi connectivity index (χ3n) is 4.60. The molecule has 0 fully saturated rings. The minimum atomic E-state index is -0.0633. The highest BCUT2D eigenvalue weighted by Gasteiger charge is 2.22. The summed E-state index contributed by atoms with van der Waals surface area (Å²) in [5.74, 6) is -0.0633. The standard InChI is InChI=1S/C23H19ClN2OS/c1-15-8-10-18(11-9-15)22(27)26(14-17-6-4-3-5-7-17)23-25-21-16(2)12-19(24)13-20(21)28-23/h3-13H,14H2,1-2H3. The van der Waals surface area contributed by atoms with Crippen molar-refractivity contribution in [1.29, 1.82) is 0 Å². The maximum atomic E-state index is 13.4. The minimum absolute atomic E-state index is 0.0633. The average Bonchev–Trinajstić information content (AvgIpc) is 3.11. The maximum absolute atomic E-state index is 13.4. The molecule has 4 aromatic rings. The van der Waals surface area contributed by atoms with Gasteiger partial charge in [0.25, 0.3) is 5.91 Å². The van der Waals surface area contributed by atoms with E-state index in [0.717, 1.165) is 26.9 Å². The molecule has 0 N–H and O–H groups in total. The van der Waals surface area contributed by atoms with Crippen molar-refractivity contribution in [2.45, 2.75) is 20.4 Å². The topological polar surface area (TPSA) is 33.2 Å². The fourth-order valence-corrected chi connectivity index (χ4v) is 4.52. The number of fused-ring (bicyclic) bond motifs is 1. The Morgan fingerprint density at radius 3 is 2.46 bits per heavy atom. The van der Waals surface area contributed by atoms with Gasteiger partial charge in [0.15, 0.2) is 5.13 Å². The molecule has 1 heterocycles. The van der Waals surface area contributed by atoms with E-state index in [9.17, 15) is 4.79 Å². The predicted molar refractivity (Wildman–Crippen MR) is 118 cm³/mol. The summed E-state index contributed by atoms with van der Waals surface area (Å²) in [7, 11) is 0. The largest absolute Gasteiger partial charge is 0.279 e. The predicted octanol–water partition coefficient (Wildman–Crippen LogP) is 6.41. The third kappa shape index (κ3) is 3.79. The Morgan fingerprint density at radius 1 is 1.04 bits per heavy atom. The molecule has 0 saturated carbocycles. The normalized spacial score (nSPS) is 11.0. The molecule has 0 aliphatic heterocycles.